The number of ether oxygens (including phenoxy) is 2. The molecule has 0 aromatic heterocycles. The van der Waals surface area contributed by atoms with E-state index in [0.29, 0.717) is 13.2 Å². The van der Waals surface area contributed by atoms with Crippen molar-refractivity contribution in [1.82, 2.24) is 9.80 Å². The molecule has 0 aromatic rings. The molecule has 0 radical (unpaired) electrons. The highest BCUT2D eigenvalue weighted by atomic mass is 16.5. The fourth-order valence-corrected chi connectivity index (χ4v) is 0.793. The summed E-state index contributed by atoms with van der Waals surface area (Å²) in [6.07, 6.45) is -1.18. The Balaban J connectivity index is 3.28. The first kappa shape index (κ1) is 15.8. The summed E-state index contributed by atoms with van der Waals surface area (Å²) < 4.78 is 10.4. The molecular formula is C10H24N2O4. The Labute approximate surface area is 97.4 Å². The molecule has 0 saturated carbocycles. The summed E-state index contributed by atoms with van der Waals surface area (Å²) in [5.41, 5.74) is 0. The largest absolute Gasteiger partial charge is 0.376 e. The molecule has 0 bridgehead atoms. The number of rotatable bonds is 9. The van der Waals surface area contributed by atoms with Crippen LogP contribution in [0.5, 0.6) is 0 Å². The average molecular weight is 236 g/mol. The molecule has 2 unspecified atom stereocenters. The van der Waals surface area contributed by atoms with Crippen molar-refractivity contribution in [1.29, 1.82) is 0 Å². The van der Waals surface area contributed by atoms with E-state index in [9.17, 15) is 10.2 Å². The van der Waals surface area contributed by atoms with Crippen LogP contribution >= 0.6 is 0 Å². The van der Waals surface area contributed by atoms with Crippen LogP contribution in [0.15, 0.2) is 0 Å². The van der Waals surface area contributed by atoms with Gasteiger partial charge in [0.2, 0.25) is 0 Å². The zero-order valence-electron chi connectivity index (χ0n) is 10.6. The molecule has 0 heterocycles. The van der Waals surface area contributed by atoms with Crippen LogP contribution in [0, 0.1) is 0 Å². The summed E-state index contributed by atoms with van der Waals surface area (Å²) in [6, 6.07) is 0. The van der Waals surface area contributed by atoms with Gasteiger partial charge in [-0.05, 0) is 28.2 Å². The molecule has 98 valence electrons. The molecule has 0 spiro atoms. The van der Waals surface area contributed by atoms with Crippen LogP contribution < -0.4 is 0 Å². The standard InChI is InChI=1S/C10H24N2O4/c1-11(2)9(13)7-15-5-6-16-8-10(14)12(3)4/h9-10,13-14H,5-8H2,1-4H3. The van der Waals surface area contributed by atoms with Crippen molar-refractivity contribution in [3.05, 3.63) is 0 Å². The molecule has 0 amide bonds. The van der Waals surface area contributed by atoms with Crippen LogP contribution in [0.4, 0.5) is 0 Å². The van der Waals surface area contributed by atoms with Crippen molar-refractivity contribution >= 4 is 0 Å². The zero-order chi connectivity index (χ0) is 12.6. The third-order valence-corrected chi connectivity index (χ3v) is 2.10. The molecule has 0 aliphatic heterocycles. The van der Waals surface area contributed by atoms with Gasteiger partial charge in [0.1, 0.15) is 12.5 Å². The van der Waals surface area contributed by atoms with Gasteiger partial charge in [0, 0.05) is 0 Å². The maximum Gasteiger partial charge on any atom is 0.130 e. The summed E-state index contributed by atoms with van der Waals surface area (Å²) >= 11 is 0. The molecule has 0 rings (SSSR count). The Hall–Kier alpha value is -0.240. The van der Waals surface area contributed by atoms with Crippen molar-refractivity contribution in [2.24, 2.45) is 0 Å². The van der Waals surface area contributed by atoms with Crippen molar-refractivity contribution in [2.75, 3.05) is 54.6 Å². The van der Waals surface area contributed by atoms with E-state index in [1.54, 1.807) is 38.0 Å². The topological polar surface area (TPSA) is 65.4 Å². The minimum absolute atomic E-state index is 0.257. The SMILES string of the molecule is CN(C)C(O)COCCOCC(O)N(C)C. The predicted molar refractivity (Wildman–Crippen MR) is 61.0 cm³/mol. The van der Waals surface area contributed by atoms with Crippen LogP contribution in [0.1, 0.15) is 0 Å². The molecule has 2 atom stereocenters. The maximum atomic E-state index is 9.36. The van der Waals surface area contributed by atoms with Gasteiger partial charge in [0.25, 0.3) is 0 Å². The molecule has 0 aliphatic rings. The van der Waals surface area contributed by atoms with Gasteiger partial charge in [0.05, 0.1) is 26.4 Å². The Bertz CT molecular complexity index is 149. The predicted octanol–water partition coefficient (Wildman–Crippen LogP) is -1.22. The van der Waals surface area contributed by atoms with Crippen molar-refractivity contribution in [3.8, 4) is 0 Å². The number of aliphatic hydroxyl groups excluding tert-OH is 2. The van der Waals surface area contributed by atoms with Crippen LogP contribution in [-0.2, 0) is 9.47 Å². The Morgan fingerprint density at radius 3 is 1.38 bits per heavy atom. The summed E-state index contributed by atoms with van der Waals surface area (Å²) in [5.74, 6) is 0. The minimum atomic E-state index is -0.590. The lowest BCUT2D eigenvalue weighted by molar-refractivity contribution is -0.0696. The smallest absolute Gasteiger partial charge is 0.130 e. The van der Waals surface area contributed by atoms with Gasteiger partial charge in [-0.2, -0.15) is 0 Å². The average Bonchev–Trinajstić information content (AvgIpc) is 2.21. The number of likely N-dealkylation sites (N-methyl/N-ethyl adjacent to an activating group) is 2. The Kier molecular flexibility index (Phi) is 8.73. The van der Waals surface area contributed by atoms with E-state index >= 15 is 0 Å². The second-order valence-corrected chi connectivity index (χ2v) is 4.04. The van der Waals surface area contributed by atoms with Gasteiger partial charge in [-0.25, -0.2) is 0 Å². The summed E-state index contributed by atoms with van der Waals surface area (Å²) in [6.45, 7) is 1.33. The van der Waals surface area contributed by atoms with Gasteiger partial charge < -0.3 is 19.7 Å². The van der Waals surface area contributed by atoms with E-state index in [4.69, 9.17) is 9.47 Å². The number of hydrogen-bond acceptors (Lipinski definition) is 6. The van der Waals surface area contributed by atoms with Gasteiger partial charge in [-0.3, -0.25) is 9.80 Å². The third kappa shape index (κ3) is 7.98. The molecule has 0 aromatic carbocycles. The van der Waals surface area contributed by atoms with E-state index in [1.165, 1.54) is 0 Å². The third-order valence-electron chi connectivity index (χ3n) is 2.10. The minimum Gasteiger partial charge on any atom is -0.376 e. The van der Waals surface area contributed by atoms with Gasteiger partial charge in [-0.1, -0.05) is 0 Å². The molecule has 6 heteroatoms. The van der Waals surface area contributed by atoms with Gasteiger partial charge in [0.15, 0.2) is 0 Å². The molecule has 0 fully saturated rings. The quantitative estimate of drug-likeness (QED) is 0.386. The first-order chi connectivity index (χ1) is 7.45. The fourth-order valence-electron chi connectivity index (χ4n) is 0.793. The van der Waals surface area contributed by atoms with E-state index < -0.39 is 12.5 Å². The van der Waals surface area contributed by atoms with Crippen molar-refractivity contribution in [2.45, 2.75) is 12.5 Å². The molecule has 2 N–H and O–H groups in total. The monoisotopic (exact) mass is 236 g/mol. The second kappa shape index (κ2) is 8.86. The van der Waals surface area contributed by atoms with Crippen molar-refractivity contribution in [3.63, 3.8) is 0 Å². The van der Waals surface area contributed by atoms with E-state index in [0.717, 1.165) is 0 Å². The highest BCUT2D eigenvalue weighted by Crippen LogP contribution is 1.91. The number of aliphatic hydroxyl groups is 2. The van der Waals surface area contributed by atoms with Crippen LogP contribution in [0.25, 0.3) is 0 Å². The van der Waals surface area contributed by atoms with Crippen LogP contribution in [0.3, 0.4) is 0 Å². The summed E-state index contributed by atoms with van der Waals surface area (Å²) in [5, 5.41) is 18.7. The van der Waals surface area contributed by atoms with Crippen molar-refractivity contribution < 1.29 is 19.7 Å². The molecule has 6 nitrogen and oxygen atoms in total. The van der Waals surface area contributed by atoms with Gasteiger partial charge >= 0.3 is 0 Å². The molecule has 0 aliphatic carbocycles. The zero-order valence-corrected chi connectivity index (χ0v) is 10.6. The first-order valence-electron chi connectivity index (χ1n) is 5.29. The van der Waals surface area contributed by atoms with Gasteiger partial charge in [-0.15, -0.1) is 0 Å². The number of hydrogen-bond donors (Lipinski definition) is 2. The first-order valence-corrected chi connectivity index (χ1v) is 5.29. The van der Waals surface area contributed by atoms with Crippen LogP contribution in [0.2, 0.25) is 0 Å². The van der Waals surface area contributed by atoms with E-state index in [1.807, 2.05) is 0 Å². The van der Waals surface area contributed by atoms with E-state index in [2.05, 4.69) is 0 Å². The Morgan fingerprint density at radius 2 is 1.12 bits per heavy atom. The lowest BCUT2D eigenvalue weighted by Crippen LogP contribution is -2.33. The van der Waals surface area contributed by atoms with E-state index in [-0.39, 0.29) is 13.2 Å². The molecular weight excluding hydrogens is 212 g/mol. The normalized spacial score (nSPS) is 15.8. The molecule has 16 heavy (non-hydrogen) atoms. The highest BCUT2D eigenvalue weighted by Gasteiger charge is 2.07. The second-order valence-electron chi connectivity index (χ2n) is 4.04. The highest BCUT2D eigenvalue weighted by molar-refractivity contribution is 4.49. The summed E-state index contributed by atoms with van der Waals surface area (Å²) in [4.78, 5) is 3.33. The van der Waals surface area contributed by atoms with Crippen LogP contribution in [-0.4, -0.2) is 87.1 Å². The Morgan fingerprint density at radius 1 is 0.812 bits per heavy atom. The maximum absolute atomic E-state index is 9.36. The summed E-state index contributed by atoms with van der Waals surface area (Å²) in [7, 11) is 7.10. The fraction of sp³-hybridized carbons (Fsp3) is 1.00. The number of nitrogens with zero attached hydrogens (tertiary/aromatic N) is 2. The lowest BCUT2D eigenvalue weighted by atomic mass is 10.5. The lowest BCUT2D eigenvalue weighted by Gasteiger charge is -2.19. The molecule has 0 saturated heterocycles.